The van der Waals surface area contributed by atoms with Crippen molar-refractivity contribution < 1.29 is 23.9 Å². The lowest BCUT2D eigenvalue weighted by atomic mass is 10.1. The highest BCUT2D eigenvalue weighted by molar-refractivity contribution is 7.14. The Hall–Kier alpha value is -3.43. The van der Waals surface area contributed by atoms with Gasteiger partial charge >= 0.3 is 5.97 Å². The van der Waals surface area contributed by atoms with E-state index in [2.05, 4.69) is 10.3 Å². The maximum absolute atomic E-state index is 12.5. The molecule has 0 fully saturated rings. The molecular formula is C22H18ClN3O5S. The minimum absolute atomic E-state index is 0.152. The molecule has 0 spiro atoms. The van der Waals surface area contributed by atoms with Gasteiger partial charge in [-0.3, -0.25) is 24.6 Å². The van der Waals surface area contributed by atoms with Gasteiger partial charge in [-0.2, -0.15) is 0 Å². The summed E-state index contributed by atoms with van der Waals surface area (Å²) < 4.78 is 10.5. The van der Waals surface area contributed by atoms with E-state index < -0.39 is 5.97 Å². The van der Waals surface area contributed by atoms with Gasteiger partial charge in [0.15, 0.2) is 11.7 Å². The van der Waals surface area contributed by atoms with Gasteiger partial charge < -0.3 is 9.47 Å². The highest BCUT2D eigenvalue weighted by Crippen LogP contribution is 2.37. The topological polar surface area (TPSA) is 97.8 Å². The number of hydrogen-bond donors (Lipinski definition) is 1. The number of hydrogen-bond acceptors (Lipinski definition) is 7. The molecule has 0 saturated carbocycles. The number of aromatic nitrogens is 1. The minimum Gasteiger partial charge on any atom is -0.482 e. The number of amides is 2. The average Bonchev–Trinajstić information content (AvgIpc) is 3.24. The van der Waals surface area contributed by atoms with E-state index in [-0.39, 0.29) is 31.6 Å². The van der Waals surface area contributed by atoms with Gasteiger partial charge in [0.05, 0.1) is 28.6 Å². The van der Waals surface area contributed by atoms with Crippen LogP contribution in [0.4, 0.5) is 10.8 Å². The number of anilines is 2. The Kier molecular flexibility index (Phi) is 6.38. The van der Waals surface area contributed by atoms with E-state index in [0.717, 1.165) is 0 Å². The zero-order valence-corrected chi connectivity index (χ0v) is 18.5. The Morgan fingerprint density at radius 2 is 2.09 bits per heavy atom. The zero-order chi connectivity index (χ0) is 22.7. The van der Waals surface area contributed by atoms with Gasteiger partial charge in [0, 0.05) is 10.9 Å². The van der Waals surface area contributed by atoms with Crippen LogP contribution < -0.4 is 15.0 Å². The normalized spacial score (nSPS) is 12.7. The lowest BCUT2D eigenvalue weighted by Gasteiger charge is -2.28. The lowest BCUT2D eigenvalue weighted by molar-refractivity contribution is -0.142. The number of halogens is 1. The molecule has 1 aromatic heterocycles. The predicted molar refractivity (Wildman–Crippen MR) is 121 cm³/mol. The summed E-state index contributed by atoms with van der Waals surface area (Å²) in [6.45, 7) is 1.57. The number of nitrogens with zero attached hydrogens (tertiary/aromatic N) is 2. The first-order valence-corrected chi connectivity index (χ1v) is 11.0. The molecule has 2 heterocycles. The number of benzene rings is 2. The van der Waals surface area contributed by atoms with Crippen LogP contribution in [0.5, 0.6) is 5.75 Å². The minimum atomic E-state index is -0.502. The van der Waals surface area contributed by atoms with E-state index >= 15 is 0 Å². The van der Waals surface area contributed by atoms with Gasteiger partial charge in [0.2, 0.25) is 0 Å². The molecule has 3 aromatic rings. The molecule has 2 aromatic carbocycles. The Labute approximate surface area is 192 Å². The largest absolute Gasteiger partial charge is 0.482 e. The van der Waals surface area contributed by atoms with Crippen LogP contribution >= 0.6 is 22.9 Å². The number of thiazole rings is 1. The Morgan fingerprint density at radius 3 is 2.88 bits per heavy atom. The van der Waals surface area contributed by atoms with Crippen LogP contribution in [-0.2, 0) is 14.3 Å². The number of rotatable bonds is 6. The molecule has 164 valence electrons. The summed E-state index contributed by atoms with van der Waals surface area (Å²) in [6, 6.07) is 12.0. The third kappa shape index (κ3) is 4.58. The molecule has 32 heavy (non-hydrogen) atoms. The molecule has 8 nitrogen and oxygen atoms in total. The predicted octanol–water partition coefficient (Wildman–Crippen LogP) is 4.00. The number of carbonyl (C=O) groups excluding carboxylic acids is 3. The molecule has 4 rings (SSSR count). The fourth-order valence-corrected chi connectivity index (χ4v) is 4.08. The standard InChI is InChI=1S/C22H18ClN3O5S/c1-2-30-20(28)10-26-17-9-13(7-8-18(17)31-11-19(26)27)16-12-32-22(24-16)25-21(29)14-5-3-4-6-15(14)23/h3-9,12H,2,10-11H2,1H3,(H,24,25,29). The zero-order valence-electron chi connectivity index (χ0n) is 17.0. The fourth-order valence-electron chi connectivity index (χ4n) is 3.14. The second-order valence-electron chi connectivity index (χ2n) is 6.73. The number of nitrogens with one attached hydrogen (secondary N) is 1. The summed E-state index contributed by atoms with van der Waals surface area (Å²) >= 11 is 7.34. The Bertz CT molecular complexity index is 1200. The summed E-state index contributed by atoms with van der Waals surface area (Å²) in [6.07, 6.45) is 0. The highest BCUT2D eigenvalue weighted by atomic mass is 35.5. The van der Waals surface area contributed by atoms with Crippen molar-refractivity contribution in [1.82, 2.24) is 4.98 Å². The van der Waals surface area contributed by atoms with Gasteiger partial charge in [-0.25, -0.2) is 4.98 Å². The molecule has 0 aliphatic carbocycles. The molecule has 2 amide bonds. The third-order valence-electron chi connectivity index (χ3n) is 4.63. The van der Waals surface area contributed by atoms with Crippen LogP contribution in [0, 0.1) is 0 Å². The second-order valence-corrected chi connectivity index (χ2v) is 7.99. The number of ether oxygens (including phenoxy) is 2. The summed E-state index contributed by atoms with van der Waals surface area (Å²) in [4.78, 5) is 42.6. The van der Waals surface area contributed by atoms with Crippen LogP contribution in [-0.4, -0.2) is 42.5 Å². The van der Waals surface area contributed by atoms with Gasteiger partial charge in [-0.05, 0) is 37.3 Å². The molecule has 0 saturated heterocycles. The lowest BCUT2D eigenvalue weighted by Crippen LogP contribution is -2.42. The van der Waals surface area contributed by atoms with Crippen molar-refractivity contribution in [3.05, 3.63) is 58.4 Å². The number of esters is 1. The average molecular weight is 472 g/mol. The van der Waals surface area contributed by atoms with Crippen molar-refractivity contribution in [2.75, 3.05) is 30.0 Å². The van der Waals surface area contributed by atoms with Gasteiger partial charge in [0.25, 0.3) is 11.8 Å². The Morgan fingerprint density at radius 1 is 1.28 bits per heavy atom. The molecule has 0 unspecified atom stereocenters. The van der Waals surface area contributed by atoms with Crippen LogP contribution in [0.3, 0.4) is 0 Å². The molecule has 0 bridgehead atoms. The van der Waals surface area contributed by atoms with E-state index in [4.69, 9.17) is 21.1 Å². The summed E-state index contributed by atoms with van der Waals surface area (Å²) in [5.41, 5.74) is 2.11. The summed E-state index contributed by atoms with van der Waals surface area (Å²) in [7, 11) is 0. The van der Waals surface area contributed by atoms with Crippen LogP contribution in [0.25, 0.3) is 11.3 Å². The van der Waals surface area contributed by atoms with Gasteiger partial charge in [0.1, 0.15) is 12.3 Å². The molecule has 1 aliphatic rings. The fraction of sp³-hybridized carbons (Fsp3) is 0.182. The summed E-state index contributed by atoms with van der Waals surface area (Å²) in [5.74, 6) is -0.715. The smallest absolute Gasteiger partial charge is 0.326 e. The maximum atomic E-state index is 12.5. The van der Waals surface area contributed by atoms with E-state index in [9.17, 15) is 14.4 Å². The molecule has 0 atom stereocenters. The van der Waals surface area contributed by atoms with Gasteiger partial charge in [-0.15, -0.1) is 11.3 Å². The molecule has 1 N–H and O–H groups in total. The molecular weight excluding hydrogens is 454 g/mol. The quantitative estimate of drug-likeness (QED) is 0.545. The van der Waals surface area contributed by atoms with Crippen molar-refractivity contribution >= 4 is 51.5 Å². The van der Waals surface area contributed by atoms with Crippen molar-refractivity contribution in [3.8, 4) is 17.0 Å². The monoisotopic (exact) mass is 471 g/mol. The van der Waals surface area contributed by atoms with Crippen molar-refractivity contribution in [1.29, 1.82) is 0 Å². The first-order valence-electron chi connectivity index (χ1n) is 9.71. The van der Waals surface area contributed by atoms with Gasteiger partial charge in [-0.1, -0.05) is 23.7 Å². The Balaban J connectivity index is 1.57. The van der Waals surface area contributed by atoms with Crippen molar-refractivity contribution in [3.63, 3.8) is 0 Å². The van der Waals surface area contributed by atoms with E-state index in [1.165, 1.54) is 16.2 Å². The van der Waals surface area contributed by atoms with Crippen molar-refractivity contribution in [2.24, 2.45) is 0 Å². The third-order valence-corrected chi connectivity index (χ3v) is 5.72. The molecule has 1 aliphatic heterocycles. The van der Waals surface area contributed by atoms with Crippen LogP contribution in [0.1, 0.15) is 17.3 Å². The number of fused-ring (bicyclic) bond motifs is 1. The maximum Gasteiger partial charge on any atom is 0.326 e. The SMILES string of the molecule is CCOC(=O)CN1C(=O)COc2ccc(-c3csc(NC(=O)c4ccccc4Cl)n3)cc21. The first-order chi connectivity index (χ1) is 15.5. The van der Waals surface area contributed by atoms with Crippen LogP contribution in [0.15, 0.2) is 47.8 Å². The van der Waals surface area contributed by atoms with E-state index in [1.54, 1.807) is 54.8 Å². The summed E-state index contributed by atoms with van der Waals surface area (Å²) in [5, 5.41) is 5.28. The highest BCUT2D eigenvalue weighted by Gasteiger charge is 2.28. The van der Waals surface area contributed by atoms with E-state index in [0.29, 0.717) is 38.4 Å². The van der Waals surface area contributed by atoms with Crippen molar-refractivity contribution in [2.45, 2.75) is 6.92 Å². The van der Waals surface area contributed by atoms with Crippen LogP contribution in [0.2, 0.25) is 5.02 Å². The first kappa shape index (κ1) is 21.8. The number of carbonyl (C=O) groups is 3. The molecule has 10 heteroatoms. The van der Waals surface area contributed by atoms with E-state index in [1.807, 2.05) is 0 Å². The second kappa shape index (κ2) is 9.37. The molecule has 0 radical (unpaired) electrons.